The standard InChI is InChI=1S/C27H26N4O2/c32-24-29(17-9-5-2-6-10-17)25(33)31-23-20-18-19(20)22(30(24)31)26-11-13-28(14-12-27(23,26)21(18)26)15-16-7-3-1-4-8-16/h1-10,18-23H,11-15H2/t18?,19-,20+,21?,22-,23-,26+,27+/m0/s1. The Bertz CT molecular complexity index is 1390. The minimum absolute atomic E-state index is 0.119. The molecule has 1 aromatic heterocycles. The zero-order valence-corrected chi connectivity index (χ0v) is 18.4. The number of nitrogens with zero attached hydrogens (tertiary/aromatic N) is 4. The molecular formula is C27H26N4O2. The molecule has 166 valence electrons. The summed E-state index contributed by atoms with van der Waals surface area (Å²) in [4.78, 5) is 30.0. The van der Waals surface area contributed by atoms with E-state index in [4.69, 9.17) is 0 Å². The molecule has 6 nitrogen and oxygen atoms in total. The van der Waals surface area contributed by atoms with Crippen LogP contribution >= 0.6 is 0 Å². The normalized spacial score (nSPS) is 42.5. The second-order valence-corrected chi connectivity index (χ2v) is 11.4. The van der Waals surface area contributed by atoms with Gasteiger partial charge in [-0.1, -0.05) is 48.5 Å². The van der Waals surface area contributed by atoms with Crippen molar-refractivity contribution in [3.63, 3.8) is 0 Å². The summed E-state index contributed by atoms with van der Waals surface area (Å²) in [6.07, 6.45) is 2.34. The zero-order chi connectivity index (χ0) is 21.7. The van der Waals surface area contributed by atoms with Crippen molar-refractivity contribution in [2.45, 2.75) is 31.5 Å². The van der Waals surface area contributed by atoms with Crippen molar-refractivity contribution >= 4 is 0 Å². The van der Waals surface area contributed by atoms with E-state index in [1.54, 1.807) is 0 Å². The fourth-order valence-corrected chi connectivity index (χ4v) is 10.1. The largest absolute Gasteiger partial charge is 0.352 e. The van der Waals surface area contributed by atoms with Crippen LogP contribution in [0.15, 0.2) is 70.3 Å². The van der Waals surface area contributed by atoms with Gasteiger partial charge in [0.15, 0.2) is 0 Å². The molecule has 4 aliphatic carbocycles. The van der Waals surface area contributed by atoms with Crippen LogP contribution in [0.2, 0.25) is 0 Å². The van der Waals surface area contributed by atoms with E-state index in [-0.39, 0.29) is 34.3 Å². The first-order valence-electron chi connectivity index (χ1n) is 12.5. The summed E-state index contributed by atoms with van der Waals surface area (Å²) in [6.45, 7) is 3.19. The molecule has 2 unspecified atom stereocenters. The van der Waals surface area contributed by atoms with Crippen LogP contribution in [-0.4, -0.2) is 31.9 Å². The van der Waals surface area contributed by atoms with Gasteiger partial charge in [-0.05, 0) is 67.3 Å². The van der Waals surface area contributed by atoms with Crippen LogP contribution in [0, 0.1) is 34.5 Å². The Kier molecular flexibility index (Phi) is 2.81. The molecule has 2 bridgehead atoms. The Morgan fingerprint density at radius 1 is 0.727 bits per heavy atom. The van der Waals surface area contributed by atoms with Crippen LogP contribution in [0.5, 0.6) is 0 Å². The van der Waals surface area contributed by atoms with Crippen LogP contribution in [0.3, 0.4) is 0 Å². The highest BCUT2D eigenvalue weighted by Crippen LogP contribution is 3.03. The van der Waals surface area contributed by atoms with Crippen molar-refractivity contribution in [1.82, 2.24) is 18.8 Å². The van der Waals surface area contributed by atoms with Gasteiger partial charge in [-0.15, -0.1) is 0 Å². The van der Waals surface area contributed by atoms with Crippen molar-refractivity contribution < 1.29 is 0 Å². The SMILES string of the molecule is O=c1n(-c2ccccc2)c(=O)n2n1[C@H]1[C@@H]3C4C5[C@]16CCN(Cc1ccccc1)CC[C@]56[C@@H]2[C@@H]43. The summed E-state index contributed by atoms with van der Waals surface area (Å²) in [5.74, 6) is 2.76. The van der Waals surface area contributed by atoms with Gasteiger partial charge in [0.2, 0.25) is 0 Å². The zero-order valence-electron chi connectivity index (χ0n) is 18.4. The molecule has 1 saturated heterocycles. The Morgan fingerprint density at radius 3 is 1.85 bits per heavy atom. The average molecular weight is 439 g/mol. The fraction of sp³-hybridized carbons (Fsp3) is 0.481. The number of aromatic nitrogens is 3. The molecule has 5 fully saturated rings. The van der Waals surface area contributed by atoms with E-state index in [0.717, 1.165) is 31.5 Å². The summed E-state index contributed by atoms with van der Waals surface area (Å²) in [6, 6.07) is 20.7. The molecule has 10 rings (SSSR count). The molecule has 7 aliphatic rings. The van der Waals surface area contributed by atoms with Crippen molar-refractivity contribution in [3.8, 4) is 5.69 Å². The van der Waals surface area contributed by atoms with Crippen molar-refractivity contribution in [1.29, 1.82) is 0 Å². The lowest BCUT2D eigenvalue weighted by molar-refractivity contribution is -0.00192. The van der Waals surface area contributed by atoms with Crippen molar-refractivity contribution in [2.75, 3.05) is 13.1 Å². The van der Waals surface area contributed by atoms with Gasteiger partial charge in [0.1, 0.15) is 0 Å². The van der Waals surface area contributed by atoms with Gasteiger partial charge in [0.05, 0.1) is 17.8 Å². The van der Waals surface area contributed by atoms with Crippen LogP contribution in [-0.2, 0) is 6.54 Å². The molecule has 6 heteroatoms. The summed E-state index contributed by atoms with van der Waals surface area (Å²) >= 11 is 0. The minimum atomic E-state index is -0.119. The molecule has 0 amide bonds. The number of likely N-dealkylation sites (tertiary alicyclic amines) is 1. The van der Waals surface area contributed by atoms with Gasteiger partial charge >= 0.3 is 11.4 Å². The van der Waals surface area contributed by atoms with Gasteiger partial charge < -0.3 is 0 Å². The van der Waals surface area contributed by atoms with Crippen LogP contribution < -0.4 is 11.4 Å². The third-order valence-electron chi connectivity index (χ3n) is 10.7. The summed E-state index contributed by atoms with van der Waals surface area (Å²) in [5, 5.41) is 0. The highest BCUT2D eigenvalue weighted by molar-refractivity contribution is 5.49. The van der Waals surface area contributed by atoms with Crippen molar-refractivity contribution in [2.24, 2.45) is 34.5 Å². The molecule has 2 aromatic carbocycles. The molecule has 8 atom stereocenters. The van der Waals surface area contributed by atoms with E-state index in [2.05, 4.69) is 35.2 Å². The third-order valence-corrected chi connectivity index (χ3v) is 10.7. The van der Waals surface area contributed by atoms with Gasteiger partial charge in [-0.3, -0.25) is 4.90 Å². The maximum Gasteiger partial charge on any atom is 0.352 e. The number of hydrogen-bond donors (Lipinski definition) is 0. The molecule has 4 heterocycles. The maximum absolute atomic E-state index is 13.7. The Balaban J connectivity index is 1.16. The molecule has 3 aliphatic heterocycles. The van der Waals surface area contributed by atoms with E-state index in [1.165, 1.54) is 23.0 Å². The van der Waals surface area contributed by atoms with Crippen molar-refractivity contribution in [3.05, 3.63) is 87.2 Å². The van der Waals surface area contributed by atoms with Gasteiger partial charge in [-0.25, -0.2) is 23.5 Å². The predicted octanol–water partition coefficient (Wildman–Crippen LogP) is 2.68. The number of benzene rings is 2. The second-order valence-electron chi connectivity index (χ2n) is 11.4. The van der Waals surface area contributed by atoms with Gasteiger partial charge in [-0.2, -0.15) is 0 Å². The summed E-state index contributed by atoms with van der Waals surface area (Å²) < 4.78 is 5.32. The van der Waals surface area contributed by atoms with Gasteiger partial charge in [0.25, 0.3) is 0 Å². The third kappa shape index (κ3) is 1.65. The maximum atomic E-state index is 13.7. The molecule has 2 spiro atoms. The highest BCUT2D eigenvalue weighted by atomic mass is 16.2. The quantitative estimate of drug-likeness (QED) is 0.632. The van der Waals surface area contributed by atoms with E-state index in [1.807, 2.05) is 39.7 Å². The average Bonchev–Trinajstić information content (AvgIpc) is 3.62. The molecular weight excluding hydrogens is 412 g/mol. The summed E-state index contributed by atoms with van der Waals surface area (Å²) in [5.41, 5.74) is 2.31. The monoisotopic (exact) mass is 438 g/mol. The number of hydrogen-bond acceptors (Lipinski definition) is 3. The Morgan fingerprint density at radius 2 is 1.27 bits per heavy atom. The Hall–Kier alpha value is -2.86. The second kappa shape index (κ2) is 5.27. The first-order valence-corrected chi connectivity index (χ1v) is 12.5. The smallest absolute Gasteiger partial charge is 0.299 e. The van der Waals surface area contributed by atoms with Crippen LogP contribution in [0.25, 0.3) is 5.69 Å². The minimum Gasteiger partial charge on any atom is -0.299 e. The van der Waals surface area contributed by atoms with Crippen LogP contribution in [0.4, 0.5) is 0 Å². The van der Waals surface area contributed by atoms with E-state index in [9.17, 15) is 9.59 Å². The molecule has 0 radical (unpaired) electrons. The van der Waals surface area contributed by atoms with E-state index >= 15 is 0 Å². The number of para-hydroxylation sites is 1. The molecule has 3 aromatic rings. The number of rotatable bonds is 3. The lowest BCUT2D eigenvalue weighted by atomic mass is 9.69. The Labute approximate surface area is 191 Å². The summed E-state index contributed by atoms with van der Waals surface area (Å²) in [7, 11) is 0. The van der Waals surface area contributed by atoms with E-state index < -0.39 is 0 Å². The molecule has 4 saturated carbocycles. The first kappa shape index (κ1) is 17.6. The predicted molar refractivity (Wildman–Crippen MR) is 122 cm³/mol. The van der Waals surface area contributed by atoms with Crippen LogP contribution in [0.1, 0.15) is 30.5 Å². The van der Waals surface area contributed by atoms with Gasteiger partial charge in [0, 0.05) is 17.4 Å². The topological polar surface area (TPSA) is 52.2 Å². The lowest BCUT2D eigenvalue weighted by Crippen LogP contribution is -2.52. The first-order chi connectivity index (χ1) is 16.2. The molecule has 0 N–H and O–H groups in total. The lowest BCUT2D eigenvalue weighted by Gasteiger charge is -2.47. The highest BCUT2D eigenvalue weighted by Gasteiger charge is 3.02. The fourth-order valence-electron chi connectivity index (χ4n) is 10.1. The molecule has 33 heavy (non-hydrogen) atoms. The van der Waals surface area contributed by atoms with E-state index in [0.29, 0.717) is 17.5 Å².